The van der Waals surface area contributed by atoms with Gasteiger partial charge in [0.15, 0.2) is 0 Å². The molecule has 2 aliphatic rings. The van der Waals surface area contributed by atoms with Crippen molar-refractivity contribution in [2.45, 2.75) is 47.0 Å². The van der Waals surface area contributed by atoms with E-state index in [4.69, 9.17) is 0 Å². The van der Waals surface area contributed by atoms with Gasteiger partial charge in [0.1, 0.15) is 0 Å². The van der Waals surface area contributed by atoms with Crippen LogP contribution in [0.4, 0.5) is 0 Å². The largest absolute Gasteiger partial charge is 0.0625 e. The van der Waals surface area contributed by atoms with Crippen molar-refractivity contribution in [3.63, 3.8) is 0 Å². The fraction of sp³-hybridized carbons (Fsp3) is 1.00. The molecule has 11 heavy (non-hydrogen) atoms. The third-order valence-corrected chi connectivity index (χ3v) is 4.63. The van der Waals surface area contributed by atoms with E-state index < -0.39 is 0 Å². The Kier molecular flexibility index (Phi) is 1.28. The minimum atomic E-state index is 0.714. The number of hydrogen-bond donors (Lipinski definition) is 0. The lowest BCUT2D eigenvalue weighted by molar-refractivity contribution is 0.00452. The van der Waals surface area contributed by atoms with Gasteiger partial charge in [-0.3, -0.25) is 0 Å². The van der Waals surface area contributed by atoms with Gasteiger partial charge in [-0.25, -0.2) is 0 Å². The average molecular weight is 152 g/mol. The van der Waals surface area contributed by atoms with Crippen molar-refractivity contribution in [1.82, 2.24) is 0 Å². The first-order valence-corrected chi connectivity index (χ1v) is 4.98. The zero-order chi connectivity index (χ0) is 8.28. The first-order valence-electron chi connectivity index (χ1n) is 4.98. The quantitative estimate of drug-likeness (QED) is 0.539. The second-order valence-corrected chi connectivity index (χ2v) is 5.60. The molecule has 0 spiro atoms. The zero-order valence-electron chi connectivity index (χ0n) is 8.28. The van der Waals surface area contributed by atoms with Crippen molar-refractivity contribution in [3.05, 3.63) is 0 Å². The van der Waals surface area contributed by atoms with Crippen LogP contribution in [-0.4, -0.2) is 0 Å². The van der Waals surface area contributed by atoms with Gasteiger partial charge >= 0.3 is 0 Å². The summed E-state index contributed by atoms with van der Waals surface area (Å²) in [4.78, 5) is 0. The third-order valence-electron chi connectivity index (χ3n) is 4.63. The second-order valence-electron chi connectivity index (χ2n) is 5.60. The van der Waals surface area contributed by atoms with Crippen LogP contribution < -0.4 is 0 Å². The highest BCUT2D eigenvalue weighted by Crippen LogP contribution is 2.70. The molecule has 0 saturated heterocycles. The van der Waals surface area contributed by atoms with Crippen LogP contribution in [0.25, 0.3) is 0 Å². The Hall–Kier alpha value is 0. The zero-order valence-corrected chi connectivity index (χ0v) is 8.28. The summed E-state index contributed by atoms with van der Waals surface area (Å²) < 4.78 is 0. The molecule has 2 rings (SSSR count). The summed E-state index contributed by atoms with van der Waals surface area (Å²) in [5.41, 5.74) is 1.44. The van der Waals surface area contributed by atoms with E-state index in [-0.39, 0.29) is 0 Å². The molecule has 0 radical (unpaired) electrons. The SMILES string of the molecule is CC1CC(C)(C2(C)CC2C)C1. The van der Waals surface area contributed by atoms with Gasteiger partial charge < -0.3 is 0 Å². The summed E-state index contributed by atoms with van der Waals surface area (Å²) in [7, 11) is 0. The highest BCUT2D eigenvalue weighted by molar-refractivity contribution is 5.11. The van der Waals surface area contributed by atoms with Crippen LogP contribution >= 0.6 is 0 Å². The molecule has 2 aliphatic carbocycles. The Labute approximate surface area is 70.4 Å². The summed E-state index contributed by atoms with van der Waals surface area (Å²) in [6.07, 6.45) is 4.44. The van der Waals surface area contributed by atoms with E-state index >= 15 is 0 Å². The van der Waals surface area contributed by atoms with Gasteiger partial charge in [0.2, 0.25) is 0 Å². The summed E-state index contributed by atoms with van der Waals surface area (Å²) in [6.45, 7) is 9.78. The predicted octanol–water partition coefficient (Wildman–Crippen LogP) is 3.47. The molecular formula is C11H20. The molecule has 64 valence electrons. The topological polar surface area (TPSA) is 0 Å². The fourth-order valence-corrected chi connectivity index (χ4v) is 3.36. The Balaban J connectivity index is 2.06. The van der Waals surface area contributed by atoms with Gasteiger partial charge in [0.25, 0.3) is 0 Å². The van der Waals surface area contributed by atoms with Crippen molar-refractivity contribution in [1.29, 1.82) is 0 Å². The third kappa shape index (κ3) is 0.816. The predicted molar refractivity (Wildman–Crippen MR) is 48.4 cm³/mol. The lowest BCUT2D eigenvalue weighted by Crippen LogP contribution is -2.40. The van der Waals surface area contributed by atoms with Crippen LogP contribution in [0, 0.1) is 22.7 Å². The van der Waals surface area contributed by atoms with E-state index in [1.807, 2.05) is 0 Å². The molecular weight excluding hydrogens is 132 g/mol. The summed E-state index contributed by atoms with van der Waals surface area (Å²) in [5.74, 6) is 2.00. The molecule has 0 heteroatoms. The summed E-state index contributed by atoms with van der Waals surface area (Å²) >= 11 is 0. The van der Waals surface area contributed by atoms with Crippen LogP contribution in [-0.2, 0) is 0 Å². The highest BCUT2D eigenvalue weighted by atomic mass is 14.7. The Morgan fingerprint density at radius 2 is 1.45 bits per heavy atom. The maximum Gasteiger partial charge on any atom is -0.0243 e. The van der Waals surface area contributed by atoms with E-state index in [1.165, 1.54) is 19.3 Å². The summed E-state index contributed by atoms with van der Waals surface area (Å²) in [5, 5.41) is 0. The van der Waals surface area contributed by atoms with Crippen LogP contribution in [0.1, 0.15) is 47.0 Å². The molecule has 0 amide bonds. The maximum atomic E-state index is 2.50. The van der Waals surface area contributed by atoms with Crippen molar-refractivity contribution in [2.24, 2.45) is 22.7 Å². The normalized spacial score (nSPS) is 62.2. The number of hydrogen-bond acceptors (Lipinski definition) is 0. The Bertz CT molecular complexity index is 176. The van der Waals surface area contributed by atoms with E-state index in [0.29, 0.717) is 5.41 Å². The van der Waals surface area contributed by atoms with Gasteiger partial charge in [-0.05, 0) is 41.9 Å². The maximum absolute atomic E-state index is 2.50. The molecule has 2 fully saturated rings. The highest BCUT2D eigenvalue weighted by Gasteiger charge is 2.61. The molecule has 0 heterocycles. The first kappa shape index (κ1) is 7.64. The lowest BCUT2D eigenvalue weighted by atomic mass is 9.56. The van der Waals surface area contributed by atoms with E-state index in [0.717, 1.165) is 17.3 Å². The monoisotopic (exact) mass is 152 g/mol. The van der Waals surface area contributed by atoms with Crippen molar-refractivity contribution in [2.75, 3.05) is 0 Å². The molecule has 0 aliphatic heterocycles. The van der Waals surface area contributed by atoms with Crippen LogP contribution in [0.5, 0.6) is 0 Å². The lowest BCUT2D eigenvalue weighted by Gasteiger charge is -2.49. The smallest absolute Gasteiger partial charge is 0.0243 e. The van der Waals surface area contributed by atoms with Gasteiger partial charge in [-0.1, -0.05) is 27.7 Å². The van der Waals surface area contributed by atoms with Crippen molar-refractivity contribution >= 4 is 0 Å². The Morgan fingerprint density at radius 3 is 1.73 bits per heavy atom. The van der Waals surface area contributed by atoms with E-state index in [2.05, 4.69) is 27.7 Å². The van der Waals surface area contributed by atoms with E-state index in [9.17, 15) is 0 Å². The van der Waals surface area contributed by atoms with Gasteiger partial charge in [-0.2, -0.15) is 0 Å². The molecule has 0 aromatic carbocycles. The second kappa shape index (κ2) is 1.84. The minimum absolute atomic E-state index is 0.714. The minimum Gasteiger partial charge on any atom is -0.0625 e. The van der Waals surface area contributed by atoms with Crippen molar-refractivity contribution < 1.29 is 0 Å². The molecule has 0 N–H and O–H groups in total. The number of rotatable bonds is 1. The van der Waals surface area contributed by atoms with Crippen LogP contribution in [0.2, 0.25) is 0 Å². The van der Waals surface area contributed by atoms with Gasteiger partial charge in [-0.15, -0.1) is 0 Å². The van der Waals surface area contributed by atoms with Crippen LogP contribution in [0.15, 0.2) is 0 Å². The molecule has 2 saturated carbocycles. The molecule has 0 aromatic heterocycles. The van der Waals surface area contributed by atoms with E-state index in [1.54, 1.807) is 0 Å². The molecule has 0 nitrogen and oxygen atoms in total. The fourth-order valence-electron chi connectivity index (χ4n) is 3.36. The molecule has 0 bridgehead atoms. The Morgan fingerprint density at radius 1 is 1.00 bits per heavy atom. The molecule has 0 aromatic rings. The molecule has 2 unspecified atom stereocenters. The van der Waals surface area contributed by atoms with Crippen LogP contribution in [0.3, 0.4) is 0 Å². The average Bonchev–Trinajstić information content (AvgIpc) is 2.39. The first-order chi connectivity index (χ1) is 4.98. The summed E-state index contributed by atoms with van der Waals surface area (Å²) in [6, 6.07) is 0. The van der Waals surface area contributed by atoms with Crippen molar-refractivity contribution in [3.8, 4) is 0 Å². The standard InChI is InChI=1S/C11H20/c1-8-5-10(3,6-8)11(4)7-9(11)2/h8-9H,5-7H2,1-4H3. The van der Waals surface area contributed by atoms with Gasteiger partial charge in [0.05, 0.1) is 0 Å². The molecule has 2 atom stereocenters. The van der Waals surface area contributed by atoms with Gasteiger partial charge in [0, 0.05) is 0 Å².